The molecule has 0 aromatic heterocycles. The third-order valence-corrected chi connectivity index (χ3v) is 12.2. The Hall–Kier alpha value is -2.48. The van der Waals surface area contributed by atoms with Crippen LogP contribution in [0.5, 0.6) is 0 Å². The molecule has 2 aromatic carbocycles. The van der Waals surface area contributed by atoms with Gasteiger partial charge < -0.3 is 8.85 Å². The number of rotatable bonds is 13. The maximum absolute atomic E-state index is 11.9. The summed E-state index contributed by atoms with van der Waals surface area (Å²) in [6.45, 7) is 15.7. The first-order valence-corrected chi connectivity index (χ1v) is 18.8. The summed E-state index contributed by atoms with van der Waals surface area (Å²) in [6.07, 6.45) is 15.1. The molecule has 0 amide bonds. The molecule has 2 aromatic rings. The van der Waals surface area contributed by atoms with Crippen molar-refractivity contribution in [3.8, 4) is 0 Å². The van der Waals surface area contributed by atoms with Gasteiger partial charge in [0.15, 0.2) is 0 Å². The van der Waals surface area contributed by atoms with Gasteiger partial charge in [-0.15, -0.1) is 0 Å². The van der Waals surface area contributed by atoms with Gasteiger partial charge in [0.05, 0.1) is 6.61 Å². The highest BCUT2D eigenvalue weighted by molar-refractivity contribution is 6.99. The van der Waals surface area contributed by atoms with E-state index in [-0.39, 0.29) is 11.0 Å². The van der Waals surface area contributed by atoms with Crippen LogP contribution in [0.15, 0.2) is 97.1 Å². The monoisotopic (exact) mass is 534 g/mol. The zero-order chi connectivity index (χ0) is 27.4. The number of allylic oxidation sites excluding steroid dienone is 4. The molecule has 0 saturated heterocycles. The van der Waals surface area contributed by atoms with Crippen molar-refractivity contribution in [1.29, 1.82) is 0 Å². The van der Waals surface area contributed by atoms with Crippen molar-refractivity contribution in [2.75, 3.05) is 6.61 Å². The summed E-state index contributed by atoms with van der Waals surface area (Å²) in [4.78, 5) is 11.9. The van der Waals surface area contributed by atoms with Gasteiger partial charge in [-0.05, 0) is 60.2 Å². The van der Waals surface area contributed by atoms with Gasteiger partial charge in [-0.3, -0.25) is 0 Å². The van der Waals surface area contributed by atoms with Crippen LogP contribution in [-0.2, 0) is 13.6 Å². The van der Waals surface area contributed by atoms with Crippen LogP contribution in [-0.4, -0.2) is 29.2 Å². The van der Waals surface area contributed by atoms with E-state index >= 15 is 0 Å². The molecule has 0 unspecified atom stereocenters. The van der Waals surface area contributed by atoms with E-state index in [0.717, 1.165) is 19.3 Å². The van der Waals surface area contributed by atoms with Crippen LogP contribution in [0.3, 0.4) is 0 Å². The first kappa shape index (κ1) is 30.7. The molecule has 0 aliphatic carbocycles. The Morgan fingerprint density at radius 3 is 1.95 bits per heavy atom. The van der Waals surface area contributed by atoms with Crippen molar-refractivity contribution in [1.82, 2.24) is 0 Å². The van der Waals surface area contributed by atoms with Crippen molar-refractivity contribution in [2.45, 2.75) is 71.6 Å². The van der Waals surface area contributed by atoms with Crippen molar-refractivity contribution < 1.29 is 13.6 Å². The predicted octanol–water partition coefficient (Wildman–Crippen LogP) is 7.42. The summed E-state index contributed by atoms with van der Waals surface area (Å²) in [7, 11) is -4.33. The minimum absolute atomic E-state index is 0.0261. The number of benzene rings is 2. The fraction of sp³-hybridized carbons (Fsp3) is 0.406. The zero-order valence-corrected chi connectivity index (χ0v) is 25.9. The highest BCUT2D eigenvalue weighted by Gasteiger charge is 2.49. The highest BCUT2D eigenvalue weighted by Crippen LogP contribution is 2.36. The molecule has 0 spiro atoms. The third kappa shape index (κ3) is 9.73. The highest BCUT2D eigenvalue weighted by atomic mass is 28.4. The van der Waals surface area contributed by atoms with Crippen LogP contribution >= 0.6 is 0 Å². The summed E-state index contributed by atoms with van der Waals surface area (Å²) in [6, 6.07) is 21.5. The van der Waals surface area contributed by atoms with Crippen molar-refractivity contribution >= 4 is 33.0 Å². The van der Waals surface area contributed by atoms with E-state index in [1.54, 1.807) is 6.08 Å². The molecule has 0 heterocycles. The Bertz CT molecular complexity index is 990. The van der Waals surface area contributed by atoms with Gasteiger partial charge in [-0.25, -0.2) is 4.79 Å². The summed E-state index contributed by atoms with van der Waals surface area (Å²) in [5.41, 5.74) is 0. The maximum Gasteiger partial charge on any atom is 0.317 e. The Morgan fingerprint density at radius 1 is 0.892 bits per heavy atom. The number of carbonyl (C=O) groups excluding carboxylic acids is 1. The largest absolute Gasteiger partial charge is 0.517 e. The number of hydrogen-bond acceptors (Lipinski definition) is 3. The SMILES string of the molecule is CC[C@@H](/C=C/C=C/CO[Si](c1ccccc1)(c1ccccc1)C(C)(C)C)CC/C=C/C(=O)O[Si](C)(C)C. The molecule has 0 bridgehead atoms. The molecule has 0 aliphatic rings. The second-order valence-corrected chi connectivity index (χ2v) is 20.2. The zero-order valence-electron chi connectivity index (χ0n) is 23.9. The predicted molar refractivity (Wildman–Crippen MR) is 163 cm³/mol. The summed E-state index contributed by atoms with van der Waals surface area (Å²) in [5, 5.41) is 2.57. The van der Waals surface area contributed by atoms with Crippen LogP contribution < -0.4 is 10.4 Å². The quantitative estimate of drug-likeness (QED) is 0.152. The van der Waals surface area contributed by atoms with Gasteiger partial charge in [-0.2, -0.15) is 0 Å². The third-order valence-electron chi connectivity index (χ3n) is 6.33. The summed E-state index contributed by atoms with van der Waals surface area (Å²) in [5.74, 6) is 0.256. The van der Waals surface area contributed by atoms with Crippen molar-refractivity contribution in [2.24, 2.45) is 5.92 Å². The first-order chi connectivity index (χ1) is 17.5. The number of hydrogen-bond donors (Lipinski definition) is 0. The lowest BCUT2D eigenvalue weighted by molar-refractivity contribution is -0.129. The van der Waals surface area contributed by atoms with Gasteiger partial charge in [-0.1, -0.05) is 119 Å². The van der Waals surface area contributed by atoms with Crippen LogP contribution in [0.2, 0.25) is 24.7 Å². The lowest BCUT2D eigenvalue weighted by Crippen LogP contribution is -2.66. The molecule has 0 N–H and O–H groups in total. The summed E-state index contributed by atoms with van der Waals surface area (Å²) >= 11 is 0. The Balaban J connectivity index is 2.02. The fourth-order valence-electron chi connectivity index (χ4n) is 4.55. The lowest BCUT2D eigenvalue weighted by Gasteiger charge is -2.42. The minimum atomic E-state index is -2.50. The molecule has 200 valence electrons. The second-order valence-electron chi connectivity index (χ2n) is 11.5. The molecular weight excluding hydrogens is 489 g/mol. The molecular formula is C32H46O3Si2. The molecule has 1 atom stereocenters. The Kier molecular flexibility index (Phi) is 12.0. The van der Waals surface area contributed by atoms with E-state index in [0.29, 0.717) is 12.5 Å². The molecule has 2 rings (SSSR count). The standard InChI is InChI=1S/C32H46O3Si2/c1-8-28(21-17-18-26-31(33)35-36(5,6)7)20-12-11-19-27-34-37(32(2,3)4,29-22-13-9-14-23-29)30-24-15-10-16-25-30/h9-16,18-20,22-26,28H,8,17,21,27H2,1-7H3/b19-11+,20-12+,26-18+/t28-/m0/s1. The van der Waals surface area contributed by atoms with Crippen molar-refractivity contribution in [3.63, 3.8) is 0 Å². The lowest BCUT2D eigenvalue weighted by atomic mass is 9.99. The van der Waals surface area contributed by atoms with E-state index in [1.807, 2.05) is 25.7 Å². The minimum Gasteiger partial charge on any atom is -0.517 e. The van der Waals surface area contributed by atoms with Crippen molar-refractivity contribution in [3.05, 3.63) is 97.1 Å². The molecule has 0 radical (unpaired) electrons. The van der Waals surface area contributed by atoms with E-state index in [4.69, 9.17) is 8.85 Å². The van der Waals surface area contributed by atoms with E-state index in [2.05, 4.69) is 113 Å². The van der Waals surface area contributed by atoms with E-state index in [1.165, 1.54) is 10.4 Å². The average Bonchev–Trinajstić information content (AvgIpc) is 2.84. The van der Waals surface area contributed by atoms with Gasteiger partial charge in [0.2, 0.25) is 8.32 Å². The topological polar surface area (TPSA) is 35.5 Å². The average molecular weight is 535 g/mol. The van der Waals surface area contributed by atoms with Gasteiger partial charge >= 0.3 is 5.97 Å². The van der Waals surface area contributed by atoms with E-state index < -0.39 is 16.6 Å². The van der Waals surface area contributed by atoms with Crippen LogP contribution in [0.4, 0.5) is 0 Å². The van der Waals surface area contributed by atoms with Gasteiger partial charge in [0.1, 0.15) is 0 Å². The molecule has 0 fully saturated rings. The number of carbonyl (C=O) groups is 1. The Labute approximate surface area is 227 Å². The molecule has 3 nitrogen and oxygen atoms in total. The van der Waals surface area contributed by atoms with Gasteiger partial charge in [0.25, 0.3) is 8.32 Å². The maximum atomic E-state index is 11.9. The molecule has 0 aliphatic heterocycles. The Morgan fingerprint density at radius 2 is 1.46 bits per heavy atom. The van der Waals surface area contributed by atoms with E-state index in [9.17, 15) is 4.79 Å². The fourth-order valence-corrected chi connectivity index (χ4v) is 9.73. The molecule has 37 heavy (non-hydrogen) atoms. The molecule has 0 saturated carbocycles. The van der Waals surface area contributed by atoms with Crippen LogP contribution in [0.25, 0.3) is 0 Å². The summed E-state index contributed by atoms with van der Waals surface area (Å²) < 4.78 is 12.4. The van der Waals surface area contributed by atoms with Crippen LogP contribution in [0.1, 0.15) is 47.0 Å². The molecule has 5 heteroatoms. The normalized spacial score (nSPS) is 14.0. The van der Waals surface area contributed by atoms with Gasteiger partial charge in [0, 0.05) is 6.08 Å². The first-order valence-electron chi connectivity index (χ1n) is 13.5. The van der Waals surface area contributed by atoms with Crippen LogP contribution in [0, 0.1) is 5.92 Å². The smallest absolute Gasteiger partial charge is 0.317 e. The second kappa shape index (κ2) is 14.5.